The number of carbonyl (C=O) groups excluding carboxylic acids is 1. The van der Waals surface area contributed by atoms with Gasteiger partial charge in [-0.25, -0.2) is 0 Å². The van der Waals surface area contributed by atoms with Gasteiger partial charge in [-0.15, -0.1) is 0 Å². The number of hydrogen-bond acceptors (Lipinski definition) is 2. The zero-order valence-corrected chi connectivity index (χ0v) is 12.2. The summed E-state index contributed by atoms with van der Waals surface area (Å²) in [7, 11) is 0. The van der Waals surface area contributed by atoms with E-state index < -0.39 is 6.10 Å². The molecule has 0 aromatic heterocycles. The molecule has 2 heteroatoms. The molecule has 0 saturated carbocycles. The van der Waals surface area contributed by atoms with Crippen molar-refractivity contribution in [3.8, 4) is 23.7 Å². The molecule has 0 spiro atoms. The zero-order chi connectivity index (χ0) is 14.9. The van der Waals surface area contributed by atoms with Crippen molar-refractivity contribution in [3.63, 3.8) is 0 Å². The topological polar surface area (TPSA) is 26.3 Å². The third-order valence-corrected chi connectivity index (χ3v) is 3.01. The Bertz CT molecular complexity index is 633. The van der Waals surface area contributed by atoms with Gasteiger partial charge in [0.05, 0.1) is 5.57 Å². The molecule has 0 bridgehead atoms. The summed E-state index contributed by atoms with van der Waals surface area (Å²) in [5.41, 5.74) is 1.77. The van der Waals surface area contributed by atoms with Gasteiger partial charge in [0.2, 0.25) is 0 Å². The number of rotatable bonds is 2. The van der Waals surface area contributed by atoms with Crippen molar-refractivity contribution in [3.05, 3.63) is 41.5 Å². The van der Waals surface area contributed by atoms with Crippen molar-refractivity contribution in [1.82, 2.24) is 0 Å². The molecule has 1 aliphatic carbocycles. The fraction of sp³-hybridized carbons (Fsp3) is 0.316. The van der Waals surface area contributed by atoms with Gasteiger partial charge in [-0.3, -0.25) is 4.79 Å². The van der Waals surface area contributed by atoms with Gasteiger partial charge in [-0.2, -0.15) is 0 Å². The summed E-state index contributed by atoms with van der Waals surface area (Å²) >= 11 is 0. The van der Waals surface area contributed by atoms with Crippen LogP contribution in [0.3, 0.4) is 0 Å². The van der Waals surface area contributed by atoms with Gasteiger partial charge in [-0.1, -0.05) is 54.0 Å². The summed E-state index contributed by atoms with van der Waals surface area (Å²) < 4.78 is 5.32. The maximum atomic E-state index is 11.3. The van der Waals surface area contributed by atoms with Gasteiger partial charge in [0.25, 0.3) is 0 Å². The first-order chi connectivity index (χ1) is 10.3. The molecule has 106 valence electrons. The lowest BCUT2D eigenvalue weighted by Crippen LogP contribution is -2.16. The van der Waals surface area contributed by atoms with Crippen molar-refractivity contribution in [2.24, 2.45) is 0 Å². The van der Waals surface area contributed by atoms with Crippen molar-refractivity contribution >= 4 is 12.0 Å². The van der Waals surface area contributed by atoms with E-state index in [-0.39, 0.29) is 5.97 Å². The van der Waals surface area contributed by atoms with Crippen LogP contribution >= 0.6 is 0 Å². The van der Waals surface area contributed by atoms with Gasteiger partial charge in [-0.05, 0) is 24.5 Å². The second kappa shape index (κ2) is 7.98. The van der Waals surface area contributed by atoms with Crippen LogP contribution in [0.1, 0.15) is 38.2 Å². The summed E-state index contributed by atoms with van der Waals surface area (Å²) in [6.45, 7) is 1.40. The van der Waals surface area contributed by atoms with E-state index in [2.05, 4.69) is 23.7 Å². The quantitative estimate of drug-likeness (QED) is 0.610. The van der Waals surface area contributed by atoms with Crippen LogP contribution in [0.25, 0.3) is 6.08 Å². The fourth-order valence-corrected chi connectivity index (χ4v) is 2.00. The molecule has 1 unspecified atom stereocenters. The van der Waals surface area contributed by atoms with E-state index in [0.29, 0.717) is 0 Å². The molecule has 1 aliphatic rings. The Morgan fingerprint density at radius 1 is 1.19 bits per heavy atom. The maximum absolute atomic E-state index is 11.3. The lowest BCUT2D eigenvalue weighted by molar-refractivity contribution is -0.142. The van der Waals surface area contributed by atoms with E-state index in [4.69, 9.17) is 4.74 Å². The lowest BCUT2D eigenvalue weighted by atomic mass is 10.0. The number of carbonyl (C=O) groups is 1. The van der Waals surface area contributed by atoms with Gasteiger partial charge in [0.15, 0.2) is 6.10 Å². The van der Waals surface area contributed by atoms with Crippen LogP contribution < -0.4 is 0 Å². The second-order valence-electron chi connectivity index (χ2n) is 4.83. The minimum atomic E-state index is -0.576. The average molecular weight is 278 g/mol. The number of benzene rings is 1. The van der Waals surface area contributed by atoms with Crippen molar-refractivity contribution in [2.45, 2.75) is 38.7 Å². The largest absolute Gasteiger partial charge is 0.444 e. The molecule has 1 atom stereocenters. The predicted molar refractivity (Wildman–Crippen MR) is 84.0 cm³/mol. The normalized spacial score (nSPS) is 19.7. The molecule has 0 aliphatic heterocycles. The van der Waals surface area contributed by atoms with Gasteiger partial charge >= 0.3 is 5.97 Å². The minimum Gasteiger partial charge on any atom is -0.444 e. The number of esters is 1. The van der Waals surface area contributed by atoms with Crippen molar-refractivity contribution < 1.29 is 9.53 Å². The second-order valence-corrected chi connectivity index (χ2v) is 4.83. The van der Waals surface area contributed by atoms with Crippen LogP contribution in [-0.4, -0.2) is 12.1 Å². The smallest absolute Gasteiger partial charge is 0.304 e. The minimum absolute atomic E-state index is 0.341. The standard InChI is InChI=1S/C19H18O2/c1-16(20)21-19-14-10-5-3-2-4-9-13-18(19)15-17-11-7-6-8-12-17/h6-8,11-12,15,19H,2-5H2,1H3/b18-15-. The molecule has 0 N–H and O–H groups in total. The highest BCUT2D eigenvalue weighted by molar-refractivity contribution is 5.69. The summed E-state index contributed by atoms with van der Waals surface area (Å²) in [6.07, 6.45) is 5.12. The first kappa shape index (κ1) is 14.9. The Morgan fingerprint density at radius 3 is 2.62 bits per heavy atom. The Balaban J connectivity index is 2.36. The molecule has 0 fully saturated rings. The zero-order valence-electron chi connectivity index (χ0n) is 12.2. The lowest BCUT2D eigenvalue weighted by Gasteiger charge is -2.11. The highest BCUT2D eigenvalue weighted by Gasteiger charge is 2.13. The molecule has 1 aromatic rings. The SMILES string of the molecule is CC(=O)OC1C#CCCCCC#C/C1=C/c1ccccc1. The molecule has 0 heterocycles. The predicted octanol–water partition coefficient (Wildman–Crippen LogP) is 3.58. The first-order valence-electron chi connectivity index (χ1n) is 7.17. The van der Waals surface area contributed by atoms with Crippen LogP contribution in [0.5, 0.6) is 0 Å². The Kier molecular flexibility index (Phi) is 5.68. The molecular formula is C19H18O2. The van der Waals surface area contributed by atoms with E-state index in [1.54, 1.807) is 0 Å². The molecule has 0 radical (unpaired) electrons. The molecule has 0 amide bonds. The van der Waals surface area contributed by atoms with Gasteiger partial charge in [0.1, 0.15) is 0 Å². The third kappa shape index (κ3) is 5.21. The third-order valence-electron chi connectivity index (χ3n) is 3.01. The number of ether oxygens (including phenoxy) is 1. The highest BCUT2D eigenvalue weighted by Crippen LogP contribution is 2.14. The van der Waals surface area contributed by atoms with Gasteiger partial charge < -0.3 is 4.74 Å². The van der Waals surface area contributed by atoms with Crippen LogP contribution in [0.15, 0.2) is 35.9 Å². The van der Waals surface area contributed by atoms with Crippen LogP contribution in [0.4, 0.5) is 0 Å². The van der Waals surface area contributed by atoms with Crippen LogP contribution in [-0.2, 0) is 9.53 Å². The number of hydrogen-bond donors (Lipinski definition) is 0. The molecule has 1 aromatic carbocycles. The van der Waals surface area contributed by atoms with E-state index in [1.807, 2.05) is 36.4 Å². The van der Waals surface area contributed by atoms with E-state index in [0.717, 1.165) is 36.8 Å². The van der Waals surface area contributed by atoms with E-state index >= 15 is 0 Å². The summed E-state index contributed by atoms with van der Waals surface area (Å²) in [5, 5.41) is 0. The maximum Gasteiger partial charge on any atom is 0.304 e. The van der Waals surface area contributed by atoms with Gasteiger partial charge in [0, 0.05) is 19.8 Å². The Hall–Kier alpha value is -2.45. The van der Waals surface area contributed by atoms with Crippen LogP contribution in [0, 0.1) is 23.7 Å². The fourth-order valence-electron chi connectivity index (χ4n) is 2.00. The first-order valence-corrected chi connectivity index (χ1v) is 7.17. The van der Waals surface area contributed by atoms with Crippen molar-refractivity contribution in [2.75, 3.05) is 0 Å². The average Bonchev–Trinajstić information content (AvgIpc) is 2.48. The Morgan fingerprint density at radius 2 is 1.90 bits per heavy atom. The van der Waals surface area contributed by atoms with E-state index in [9.17, 15) is 4.79 Å². The highest BCUT2D eigenvalue weighted by atomic mass is 16.5. The monoisotopic (exact) mass is 278 g/mol. The summed E-state index contributed by atoms with van der Waals surface area (Å²) in [5.74, 6) is 12.1. The molecule has 0 saturated heterocycles. The summed E-state index contributed by atoms with van der Waals surface area (Å²) in [6, 6.07) is 9.88. The van der Waals surface area contributed by atoms with Crippen LogP contribution in [0.2, 0.25) is 0 Å². The molecule has 21 heavy (non-hydrogen) atoms. The Labute approximate surface area is 126 Å². The molecular weight excluding hydrogens is 260 g/mol. The van der Waals surface area contributed by atoms with Crippen molar-refractivity contribution in [1.29, 1.82) is 0 Å². The molecule has 2 rings (SSSR count). The van der Waals surface area contributed by atoms with E-state index in [1.165, 1.54) is 6.92 Å². The summed E-state index contributed by atoms with van der Waals surface area (Å²) in [4.78, 5) is 11.3. The molecule has 2 nitrogen and oxygen atoms in total.